The molecule has 2 aromatic heterocycles. The van der Waals surface area contributed by atoms with Crippen molar-refractivity contribution in [3.63, 3.8) is 0 Å². The van der Waals surface area contributed by atoms with E-state index in [1.54, 1.807) is 12.4 Å². The van der Waals surface area contributed by atoms with Gasteiger partial charge in [0.2, 0.25) is 0 Å². The lowest BCUT2D eigenvalue weighted by molar-refractivity contribution is -0.137. The van der Waals surface area contributed by atoms with Crippen LogP contribution in [0, 0.1) is 6.92 Å². The maximum absolute atomic E-state index is 11.3. The Hall–Kier alpha value is -1.60. The van der Waals surface area contributed by atoms with E-state index in [0.29, 0.717) is 6.04 Å². The second kappa shape index (κ2) is 7.31. The highest BCUT2D eigenvalue weighted by atomic mass is 32.2. The quantitative estimate of drug-likeness (QED) is 0.609. The van der Waals surface area contributed by atoms with Gasteiger partial charge in [-0.3, -0.25) is 9.78 Å². The number of hydrogen-bond donors (Lipinski definition) is 0. The number of methoxy groups -OCH3 is 1. The van der Waals surface area contributed by atoms with E-state index in [1.807, 2.05) is 11.3 Å². The summed E-state index contributed by atoms with van der Waals surface area (Å²) in [6.45, 7) is 3.12. The molecule has 1 unspecified atom stereocenters. The van der Waals surface area contributed by atoms with Crippen molar-refractivity contribution in [2.24, 2.45) is 0 Å². The van der Waals surface area contributed by atoms with Crippen molar-refractivity contribution in [2.45, 2.75) is 30.8 Å². The number of hydrogen-bond acceptors (Lipinski definition) is 7. The summed E-state index contributed by atoms with van der Waals surface area (Å²) in [5.74, 6) is 0.881. The van der Waals surface area contributed by atoms with Crippen LogP contribution in [0.5, 0.6) is 0 Å². The number of carbonyl (C=O) groups excluding carboxylic acids is 1. The Morgan fingerprint density at radius 1 is 1.48 bits per heavy atom. The minimum atomic E-state index is -0.254. The SMILES string of the molecule is COC(=O)CSc1cncc(N2CCCC2c2ccc(C)s2)n1. The highest BCUT2D eigenvalue weighted by molar-refractivity contribution is 7.99. The van der Waals surface area contributed by atoms with Crippen molar-refractivity contribution >= 4 is 34.9 Å². The Bertz CT molecular complexity index is 689. The molecule has 1 aliphatic rings. The summed E-state index contributed by atoms with van der Waals surface area (Å²) in [4.78, 5) is 25.3. The van der Waals surface area contributed by atoms with Crippen LogP contribution in [0.4, 0.5) is 5.82 Å². The average Bonchev–Trinajstić information content (AvgIpc) is 3.21. The zero-order valence-corrected chi connectivity index (χ0v) is 14.8. The molecule has 1 saturated heterocycles. The van der Waals surface area contributed by atoms with E-state index < -0.39 is 0 Å². The number of anilines is 1. The summed E-state index contributed by atoms with van der Waals surface area (Å²) in [5, 5.41) is 0.751. The molecule has 0 radical (unpaired) electrons. The van der Waals surface area contributed by atoms with Crippen LogP contribution in [0.2, 0.25) is 0 Å². The second-order valence-corrected chi connectivity index (χ2v) is 7.70. The Morgan fingerprint density at radius 3 is 3.09 bits per heavy atom. The lowest BCUT2D eigenvalue weighted by atomic mass is 10.2. The number of rotatable bonds is 5. The van der Waals surface area contributed by atoms with Crippen LogP contribution in [-0.2, 0) is 9.53 Å². The number of aromatic nitrogens is 2. The molecule has 0 bridgehead atoms. The Kier molecular flexibility index (Phi) is 5.17. The van der Waals surface area contributed by atoms with Crippen molar-refractivity contribution in [1.29, 1.82) is 0 Å². The molecule has 5 nitrogen and oxygen atoms in total. The van der Waals surface area contributed by atoms with Gasteiger partial charge in [-0.25, -0.2) is 4.98 Å². The number of aryl methyl sites for hydroxylation is 1. The zero-order chi connectivity index (χ0) is 16.2. The summed E-state index contributed by atoms with van der Waals surface area (Å²) in [5.41, 5.74) is 0. The van der Waals surface area contributed by atoms with Crippen LogP contribution < -0.4 is 4.90 Å². The molecule has 3 heterocycles. The number of carbonyl (C=O) groups is 1. The van der Waals surface area contributed by atoms with Crippen molar-refractivity contribution < 1.29 is 9.53 Å². The van der Waals surface area contributed by atoms with E-state index in [9.17, 15) is 4.79 Å². The number of thioether (sulfide) groups is 1. The highest BCUT2D eigenvalue weighted by Gasteiger charge is 2.28. The first-order valence-corrected chi connectivity index (χ1v) is 9.32. The summed E-state index contributed by atoms with van der Waals surface area (Å²) in [6, 6.07) is 4.76. The molecule has 0 aliphatic carbocycles. The minimum Gasteiger partial charge on any atom is -0.468 e. The molecule has 0 amide bonds. The topological polar surface area (TPSA) is 55.3 Å². The number of nitrogens with zero attached hydrogens (tertiary/aromatic N) is 3. The number of esters is 1. The third-order valence-corrected chi connectivity index (χ3v) is 5.78. The molecule has 7 heteroatoms. The van der Waals surface area contributed by atoms with E-state index in [-0.39, 0.29) is 11.7 Å². The highest BCUT2D eigenvalue weighted by Crippen LogP contribution is 2.38. The molecule has 2 aromatic rings. The van der Waals surface area contributed by atoms with Crippen molar-refractivity contribution in [3.05, 3.63) is 34.3 Å². The van der Waals surface area contributed by atoms with Gasteiger partial charge in [0, 0.05) is 16.3 Å². The van der Waals surface area contributed by atoms with E-state index in [0.717, 1.165) is 30.2 Å². The fourth-order valence-corrected chi connectivity index (χ4v) is 4.41. The molecule has 0 spiro atoms. The molecular weight excluding hydrogens is 330 g/mol. The van der Waals surface area contributed by atoms with Crippen molar-refractivity contribution in [2.75, 3.05) is 24.3 Å². The molecule has 1 fully saturated rings. The summed E-state index contributed by atoms with van der Waals surface area (Å²) in [6.07, 6.45) is 5.79. The normalized spacial score (nSPS) is 17.5. The largest absolute Gasteiger partial charge is 0.468 e. The van der Waals surface area contributed by atoms with E-state index in [4.69, 9.17) is 0 Å². The first-order chi connectivity index (χ1) is 11.2. The number of thiophene rings is 1. The van der Waals surface area contributed by atoms with Crippen LogP contribution in [0.1, 0.15) is 28.6 Å². The Balaban J connectivity index is 1.76. The van der Waals surface area contributed by atoms with Crippen LogP contribution >= 0.6 is 23.1 Å². The third kappa shape index (κ3) is 3.84. The number of ether oxygens (including phenoxy) is 1. The van der Waals surface area contributed by atoms with E-state index in [2.05, 4.69) is 38.7 Å². The second-order valence-electron chi connectivity index (χ2n) is 5.38. The van der Waals surface area contributed by atoms with Crippen molar-refractivity contribution in [1.82, 2.24) is 9.97 Å². The first-order valence-electron chi connectivity index (χ1n) is 7.52. The van der Waals surface area contributed by atoms with Gasteiger partial charge in [0.15, 0.2) is 0 Å². The van der Waals surface area contributed by atoms with Gasteiger partial charge < -0.3 is 9.64 Å². The molecule has 0 saturated carbocycles. The van der Waals surface area contributed by atoms with Gasteiger partial charge in [-0.2, -0.15) is 0 Å². The average molecular weight is 349 g/mol. The predicted octanol–water partition coefficient (Wildman–Crippen LogP) is 3.45. The Morgan fingerprint density at radius 2 is 2.35 bits per heavy atom. The van der Waals surface area contributed by atoms with Gasteiger partial charge in [-0.15, -0.1) is 11.3 Å². The summed E-state index contributed by atoms with van der Waals surface area (Å²) in [7, 11) is 1.39. The Labute approximate surface area is 144 Å². The lowest BCUT2D eigenvalue weighted by Gasteiger charge is -2.24. The maximum atomic E-state index is 11.3. The minimum absolute atomic E-state index is 0.252. The fourth-order valence-electron chi connectivity index (χ4n) is 2.71. The molecule has 1 atom stereocenters. The molecule has 122 valence electrons. The van der Waals surface area contributed by atoms with Crippen molar-refractivity contribution in [3.8, 4) is 0 Å². The molecule has 0 aromatic carbocycles. The van der Waals surface area contributed by atoms with Gasteiger partial charge in [0.1, 0.15) is 10.8 Å². The van der Waals surface area contributed by atoms with E-state index in [1.165, 1.54) is 28.6 Å². The van der Waals surface area contributed by atoms with Crippen LogP contribution in [0.15, 0.2) is 29.6 Å². The predicted molar refractivity (Wildman–Crippen MR) is 93.1 cm³/mol. The molecule has 1 aliphatic heterocycles. The van der Waals surface area contributed by atoms with Crippen LogP contribution in [-0.4, -0.2) is 35.3 Å². The van der Waals surface area contributed by atoms with Crippen LogP contribution in [0.3, 0.4) is 0 Å². The van der Waals surface area contributed by atoms with Gasteiger partial charge >= 0.3 is 5.97 Å². The lowest BCUT2D eigenvalue weighted by Crippen LogP contribution is -2.23. The molecule has 3 rings (SSSR count). The monoisotopic (exact) mass is 349 g/mol. The van der Waals surface area contributed by atoms with Gasteiger partial charge in [-0.05, 0) is 31.9 Å². The summed E-state index contributed by atoms with van der Waals surface area (Å²) < 4.78 is 4.66. The van der Waals surface area contributed by atoms with Crippen LogP contribution in [0.25, 0.3) is 0 Å². The molecule has 0 N–H and O–H groups in total. The molecule has 23 heavy (non-hydrogen) atoms. The maximum Gasteiger partial charge on any atom is 0.316 e. The fraction of sp³-hybridized carbons (Fsp3) is 0.438. The van der Waals surface area contributed by atoms with E-state index >= 15 is 0 Å². The van der Waals surface area contributed by atoms with Gasteiger partial charge in [0.05, 0.1) is 31.3 Å². The van der Waals surface area contributed by atoms with Gasteiger partial charge in [-0.1, -0.05) is 11.8 Å². The third-order valence-electron chi connectivity index (χ3n) is 3.80. The summed E-state index contributed by atoms with van der Waals surface area (Å²) >= 11 is 3.20. The molecular formula is C16H19N3O2S2. The zero-order valence-electron chi connectivity index (χ0n) is 13.2. The standard InChI is InChI=1S/C16H19N3O2S2/c1-11-5-6-13(23-11)12-4-3-7-19(12)14-8-17-9-15(18-14)22-10-16(20)21-2/h5-6,8-9,12H,3-4,7,10H2,1-2H3. The van der Waals surface area contributed by atoms with Gasteiger partial charge in [0.25, 0.3) is 0 Å². The first kappa shape index (κ1) is 16.3. The smallest absolute Gasteiger partial charge is 0.316 e.